The molecule has 126 valence electrons. The highest BCUT2D eigenvalue weighted by atomic mass is 127. The van der Waals surface area contributed by atoms with Crippen molar-refractivity contribution >= 4 is 33.9 Å². The van der Waals surface area contributed by atoms with E-state index >= 15 is 0 Å². The summed E-state index contributed by atoms with van der Waals surface area (Å²) >= 11 is 2.11. The fourth-order valence-electron chi connectivity index (χ4n) is 2.18. The van der Waals surface area contributed by atoms with Crippen LogP contribution in [0.15, 0.2) is 48.8 Å². The number of nitrogens with zero attached hydrogens (tertiary/aromatic N) is 2. The topological polar surface area (TPSA) is 38.6 Å². The van der Waals surface area contributed by atoms with E-state index in [2.05, 4.69) is 32.9 Å². The Morgan fingerprint density at radius 3 is 2.62 bits per heavy atom. The predicted molar refractivity (Wildman–Crippen MR) is 93.6 cm³/mol. The van der Waals surface area contributed by atoms with Crippen LogP contribution in [-0.2, 0) is 0 Å². The van der Waals surface area contributed by atoms with Gasteiger partial charge in [0.25, 0.3) is 0 Å². The van der Waals surface area contributed by atoms with Crippen molar-refractivity contribution in [2.45, 2.75) is 12.6 Å². The minimum Gasteiger partial charge on any atom is -0.456 e. The lowest BCUT2D eigenvalue weighted by atomic mass is 10.3. The van der Waals surface area contributed by atoms with E-state index in [9.17, 15) is 13.2 Å². The van der Waals surface area contributed by atoms with Gasteiger partial charge in [-0.3, -0.25) is 4.40 Å². The lowest BCUT2D eigenvalue weighted by Crippen LogP contribution is -2.15. The van der Waals surface area contributed by atoms with Crippen LogP contribution in [0.2, 0.25) is 0 Å². The molecule has 0 aliphatic carbocycles. The number of fused-ring (bicyclic) bond motifs is 1. The number of imidazole rings is 1. The third-order valence-corrected chi connectivity index (χ3v) is 4.04. The SMILES string of the molecule is FC(F)(F)CCNc1cc(Oc2ccccc2)cn2c(I)cnc12. The summed E-state index contributed by atoms with van der Waals surface area (Å²) in [6, 6.07) is 10.8. The Bertz CT molecular complexity index is 834. The van der Waals surface area contributed by atoms with Crippen molar-refractivity contribution < 1.29 is 17.9 Å². The number of halogens is 4. The summed E-state index contributed by atoms with van der Waals surface area (Å²) in [5.74, 6) is 1.16. The highest BCUT2D eigenvalue weighted by molar-refractivity contribution is 14.1. The second kappa shape index (κ2) is 6.88. The molecule has 2 aromatic heterocycles. The smallest absolute Gasteiger partial charge is 0.390 e. The predicted octanol–water partition coefficient (Wildman–Crippen LogP) is 5.10. The van der Waals surface area contributed by atoms with E-state index in [1.54, 1.807) is 35.0 Å². The van der Waals surface area contributed by atoms with Gasteiger partial charge in [-0.05, 0) is 34.7 Å². The third-order valence-electron chi connectivity index (χ3n) is 3.24. The molecule has 0 aliphatic rings. The number of ether oxygens (including phenoxy) is 1. The molecule has 24 heavy (non-hydrogen) atoms. The van der Waals surface area contributed by atoms with Crippen LogP contribution in [0.5, 0.6) is 11.5 Å². The summed E-state index contributed by atoms with van der Waals surface area (Å²) in [7, 11) is 0. The molecule has 3 aromatic rings. The van der Waals surface area contributed by atoms with Crippen molar-refractivity contribution in [3.05, 3.63) is 52.5 Å². The van der Waals surface area contributed by atoms with Gasteiger partial charge in [0.05, 0.1) is 24.5 Å². The second-order valence-corrected chi connectivity index (χ2v) is 6.18. The van der Waals surface area contributed by atoms with E-state index in [1.807, 2.05) is 18.2 Å². The molecular formula is C16H13F3IN3O. The van der Waals surface area contributed by atoms with Crippen LogP contribution in [0.4, 0.5) is 18.9 Å². The Kier molecular flexibility index (Phi) is 4.83. The van der Waals surface area contributed by atoms with Crippen molar-refractivity contribution in [2.75, 3.05) is 11.9 Å². The van der Waals surface area contributed by atoms with Gasteiger partial charge in [0.1, 0.15) is 15.2 Å². The summed E-state index contributed by atoms with van der Waals surface area (Å²) in [6.07, 6.45) is -1.71. The molecule has 1 aromatic carbocycles. The number of nitrogens with one attached hydrogen (secondary N) is 1. The van der Waals surface area contributed by atoms with Crippen molar-refractivity contribution in [1.29, 1.82) is 0 Å². The Hall–Kier alpha value is -1.97. The molecule has 0 spiro atoms. The summed E-state index contributed by atoms with van der Waals surface area (Å²) in [5.41, 5.74) is 1.05. The zero-order valence-electron chi connectivity index (χ0n) is 12.3. The first kappa shape index (κ1) is 16.9. The number of rotatable bonds is 5. The van der Waals surface area contributed by atoms with E-state index in [0.29, 0.717) is 22.8 Å². The maximum atomic E-state index is 12.4. The van der Waals surface area contributed by atoms with Crippen LogP contribution in [0, 0.1) is 3.70 Å². The molecule has 0 atom stereocenters. The molecule has 0 bridgehead atoms. The number of pyridine rings is 1. The van der Waals surface area contributed by atoms with Gasteiger partial charge < -0.3 is 10.1 Å². The summed E-state index contributed by atoms with van der Waals surface area (Å²) < 4.78 is 45.5. The average molecular weight is 447 g/mol. The van der Waals surface area contributed by atoms with Gasteiger partial charge in [-0.1, -0.05) is 18.2 Å². The average Bonchev–Trinajstić information content (AvgIpc) is 2.89. The Balaban J connectivity index is 1.89. The van der Waals surface area contributed by atoms with E-state index in [-0.39, 0.29) is 6.54 Å². The zero-order valence-corrected chi connectivity index (χ0v) is 14.5. The first-order chi connectivity index (χ1) is 11.4. The van der Waals surface area contributed by atoms with Crippen LogP contribution >= 0.6 is 22.6 Å². The lowest BCUT2D eigenvalue weighted by molar-refractivity contribution is -0.131. The standard InChI is InChI=1S/C16H13F3IN3O/c17-16(18,19)6-7-21-13-8-12(24-11-4-2-1-3-5-11)10-23-14(20)9-22-15(13)23/h1-5,8-10,21H,6-7H2. The number of aromatic nitrogens is 2. The normalized spacial score (nSPS) is 11.7. The molecule has 3 rings (SSSR count). The van der Waals surface area contributed by atoms with Crippen molar-refractivity contribution in [3.8, 4) is 11.5 Å². The maximum Gasteiger partial charge on any atom is 0.390 e. The fraction of sp³-hybridized carbons (Fsp3) is 0.188. The summed E-state index contributed by atoms with van der Waals surface area (Å²) in [6.45, 7) is -0.225. The fourth-order valence-corrected chi connectivity index (χ4v) is 2.69. The third kappa shape index (κ3) is 4.11. The Morgan fingerprint density at radius 2 is 1.92 bits per heavy atom. The molecule has 0 fully saturated rings. The van der Waals surface area contributed by atoms with Crippen LogP contribution in [-0.4, -0.2) is 22.1 Å². The molecular weight excluding hydrogens is 434 g/mol. The van der Waals surface area contributed by atoms with Crippen molar-refractivity contribution in [2.24, 2.45) is 0 Å². The van der Waals surface area contributed by atoms with Crippen molar-refractivity contribution in [1.82, 2.24) is 9.38 Å². The number of para-hydroxylation sites is 1. The number of hydrogen-bond donors (Lipinski definition) is 1. The minimum atomic E-state index is -4.20. The maximum absolute atomic E-state index is 12.4. The highest BCUT2D eigenvalue weighted by Crippen LogP contribution is 2.29. The van der Waals surface area contributed by atoms with E-state index in [0.717, 1.165) is 3.70 Å². The molecule has 4 nitrogen and oxygen atoms in total. The van der Waals surface area contributed by atoms with Gasteiger partial charge >= 0.3 is 6.18 Å². The van der Waals surface area contributed by atoms with E-state index < -0.39 is 12.6 Å². The molecule has 0 amide bonds. The van der Waals surface area contributed by atoms with Gasteiger partial charge in [0, 0.05) is 12.6 Å². The van der Waals surface area contributed by atoms with E-state index in [4.69, 9.17) is 4.74 Å². The number of hydrogen-bond acceptors (Lipinski definition) is 3. The molecule has 0 saturated carbocycles. The van der Waals surface area contributed by atoms with Gasteiger partial charge in [-0.15, -0.1) is 0 Å². The second-order valence-electron chi connectivity index (χ2n) is 5.07. The number of alkyl halides is 3. The minimum absolute atomic E-state index is 0.225. The first-order valence-corrected chi connectivity index (χ1v) is 8.20. The number of benzene rings is 1. The molecule has 2 heterocycles. The summed E-state index contributed by atoms with van der Waals surface area (Å²) in [5, 5.41) is 2.80. The Labute approximate surface area is 149 Å². The van der Waals surface area contributed by atoms with Gasteiger partial charge in [0.2, 0.25) is 0 Å². The quantitative estimate of drug-likeness (QED) is 0.554. The van der Waals surface area contributed by atoms with Gasteiger partial charge in [0.15, 0.2) is 5.65 Å². The molecule has 0 saturated heterocycles. The zero-order chi connectivity index (χ0) is 17.2. The van der Waals surface area contributed by atoms with Crippen LogP contribution in [0.25, 0.3) is 5.65 Å². The Morgan fingerprint density at radius 1 is 1.17 bits per heavy atom. The molecule has 0 unspecified atom stereocenters. The largest absolute Gasteiger partial charge is 0.456 e. The monoisotopic (exact) mass is 447 g/mol. The van der Waals surface area contributed by atoms with Crippen LogP contribution in [0.1, 0.15) is 6.42 Å². The van der Waals surface area contributed by atoms with Crippen molar-refractivity contribution in [3.63, 3.8) is 0 Å². The molecule has 8 heteroatoms. The molecule has 1 N–H and O–H groups in total. The molecule has 0 aliphatic heterocycles. The number of anilines is 1. The summed E-state index contributed by atoms with van der Waals surface area (Å²) in [4.78, 5) is 4.24. The van der Waals surface area contributed by atoms with Gasteiger partial charge in [-0.25, -0.2) is 4.98 Å². The molecule has 0 radical (unpaired) electrons. The van der Waals surface area contributed by atoms with Crippen LogP contribution in [0.3, 0.4) is 0 Å². The van der Waals surface area contributed by atoms with Crippen LogP contribution < -0.4 is 10.1 Å². The van der Waals surface area contributed by atoms with E-state index in [1.165, 1.54) is 0 Å². The van der Waals surface area contributed by atoms with Gasteiger partial charge in [-0.2, -0.15) is 13.2 Å². The first-order valence-electron chi connectivity index (χ1n) is 7.12. The highest BCUT2D eigenvalue weighted by Gasteiger charge is 2.26. The lowest BCUT2D eigenvalue weighted by Gasteiger charge is -2.13.